The van der Waals surface area contributed by atoms with E-state index in [9.17, 15) is 24.9 Å². The Kier molecular flexibility index (Phi) is 7.42. The van der Waals surface area contributed by atoms with E-state index in [2.05, 4.69) is 5.32 Å². The Morgan fingerprint density at radius 3 is 2.62 bits per heavy atom. The van der Waals surface area contributed by atoms with Gasteiger partial charge in [-0.2, -0.15) is 0 Å². The number of methoxy groups -OCH3 is 2. The predicted molar refractivity (Wildman–Crippen MR) is 120 cm³/mol. The summed E-state index contributed by atoms with van der Waals surface area (Å²) in [6.45, 7) is 0.142. The molecule has 10 heteroatoms. The highest BCUT2D eigenvalue weighted by molar-refractivity contribution is 5.96. The molecule has 4 rings (SSSR count). The molecule has 1 saturated carbocycles. The van der Waals surface area contributed by atoms with Crippen molar-refractivity contribution in [2.75, 3.05) is 40.5 Å². The Bertz CT molecular complexity index is 961. The number of rotatable bonds is 10. The van der Waals surface area contributed by atoms with Gasteiger partial charge < -0.3 is 39.7 Å². The number of hydrogen-bond donors (Lipinski definition) is 4. The van der Waals surface area contributed by atoms with Crippen molar-refractivity contribution < 1.29 is 39.1 Å². The lowest BCUT2D eigenvalue weighted by molar-refractivity contribution is -0.139. The van der Waals surface area contributed by atoms with Gasteiger partial charge in [0.25, 0.3) is 0 Å². The van der Waals surface area contributed by atoms with E-state index in [1.165, 1.54) is 7.11 Å². The summed E-state index contributed by atoms with van der Waals surface area (Å²) in [7, 11) is 3.02. The zero-order valence-electron chi connectivity index (χ0n) is 19.4. The molecule has 1 aromatic carbocycles. The fourth-order valence-corrected chi connectivity index (χ4v) is 4.78. The largest absolute Gasteiger partial charge is 0.493 e. The van der Waals surface area contributed by atoms with Gasteiger partial charge in [0.1, 0.15) is 12.2 Å². The van der Waals surface area contributed by atoms with Crippen LogP contribution in [0.25, 0.3) is 0 Å². The summed E-state index contributed by atoms with van der Waals surface area (Å²) in [5.41, 5.74) is 1.53. The molecule has 0 aromatic heterocycles. The van der Waals surface area contributed by atoms with Gasteiger partial charge in [-0.25, -0.2) is 0 Å². The molecule has 34 heavy (non-hydrogen) atoms. The molecular formula is C24H32N2O8. The summed E-state index contributed by atoms with van der Waals surface area (Å²) < 4.78 is 16.8. The number of ether oxygens (including phenoxy) is 3. The lowest BCUT2D eigenvalue weighted by Gasteiger charge is -2.40. The fraction of sp³-hybridized carbons (Fsp3) is 0.583. The molecule has 0 bridgehead atoms. The number of nitrogens with one attached hydrogen (secondary N) is 1. The zero-order valence-corrected chi connectivity index (χ0v) is 19.4. The molecule has 0 saturated heterocycles. The molecule has 186 valence electrons. The average molecular weight is 477 g/mol. The van der Waals surface area contributed by atoms with Crippen molar-refractivity contribution in [1.29, 1.82) is 0 Å². The Morgan fingerprint density at radius 1 is 1.24 bits per heavy atom. The minimum atomic E-state index is -1.12. The highest BCUT2D eigenvalue weighted by Gasteiger charge is 2.52. The molecule has 1 aromatic rings. The van der Waals surface area contributed by atoms with Crippen LogP contribution in [0, 0.1) is 5.92 Å². The van der Waals surface area contributed by atoms with Gasteiger partial charge in [0.2, 0.25) is 11.8 Å². The van der Waals surface area contributed by atoms with Crippen LogP contribution in [0.2, 0.25) is 0 Å². The molecule has 3 aliphatic rings. The second kappa shape index (κ2) is 10.3. The SMILES string of the molecule is COCCN(C(=O)C1CC1)C1C=C(C(=O)NCCO)C2c3cc(CO)cc(OC)c3OC2C1O. The summed E-state index contributed by atoms with van der Waals surface area (Å²) >= 11 is 0. The van der Waals surface area contributed by atoms with E-state index < -0.39 is 30.1 Å². The summed E-state index contributed by atoms with van der Waals surface area (Å²) in [5.74, 6) is -0.443. The summed E-state index contributed by atoms with van der Waals surface area (Å²) in [6.07, 6.45) is 1.26. The maximum absolute atomic E-state index is 13.2. The fourth-order valence-electron chi connectivity index (χ4n) is 4.78. The second-order valence-corrected chi connectivity index (χ2v) is 8.82. The van der Waals surface area contributed by atoms with Crippen LogP contribution in [0.1, 0.15) is 29.9 Å². The minimum Gasteiger partial charge on any atom is -0.493 e. The first kappa shape index (κ1) is 24.5. The lowest BCUT2D eigenvalue weighted by Crippen LogP contribution is -2.56. The molecule has 1 aliphatic heterocycles. The monoisotopic (exact) mass is 476 g/mol. The third kappa shape index (κ3) is 4.50. The topological polar surface area (TPSA) is 138 Å². The Morgan fingerprint density at radius 2 is 2.00 bits per heavy atom. The first-order valence-corrected chi connectivity index (χ1v) is 11.5. The quantitative estimate of drug-likeness (QED) is 0.361. The van der Waals surface area contributed by atoms with Crippen molar-refractivity contribution in [2.45, 2.75) is 43.6 Å². The van der Waals surface area contributed by atoms with E-state index in [-0.39, 0.29) is 44.7 Å². The van der Waals surface area contributed by atoms with Gasteiger partial charge in [-0.1, -0.05) is 0 Å². The third-order valence-corrected chi connectivity index (χ3v) is 6.60. The number of amides is 2. The van der Waals surface area contributed by atoms with Crippen molar-refractivity contribution in [3.05, 3.63) is 34.9 Å². The van der Waals surface area contributed by atoms with Crippen LogP contribution in [0.3, 0.4) is 0 Å². The van der Waals surface area contributed by atoms with Gasteiger partial charge in [-0.05, 0) is 36.6 Å². The molecular weight excluding hydrogens is 444 g/mol. The predicted octanol–water partition coefficient (Wildman–Crippen LogP) is -0.305. The Labute approximate surface area is 198 Å². The standard InChI is InChI=1S/C24H32N2O8/c1-32-8-6-26(24(31)14-3-4-14)17-11-16(23(30)25-5-7-27)19-15-9-13(12-28)10-18(33-2)21(15)34-22(19)20(17)29/h9-11,14,17,19-20,22,27-29H,3-8,12H2,1-2H3,(H,25,30). The van der Waals surface area contributed by atoms with Crippen molar-refractivity contribution >= 4 is 11.8 Å². The van der Waals surface area contributed by atoms with Gasteiger partial charge in [0.05, 0.1) is 38.9 Å². The van der Waals surface area contributed by atoms with E-state index in [0.717, 1.165) is 12.8 Å². The van der Waals surface area contributed by atoms with E-state index in [0.29, 0.717) is 28.2 Å². The number of aliphatic hydroxyl groups is 3. The minimum absolute atomic E-state index is 0.0584. The number of benzene rings is 1. The molecule has 4 atom stereocenters. The van der Waals surface area contributed by atoms with Crippen molar-refractivity contribution in [3.8, 4) is 11.5 Å². The van der Waals surface area contributed by atoms with Crippen LogP contribution >= 0.6 is 0 Å². The van der Waals surface area contributed by atoms with Crippen LogP contribution in [-0.4, -0.2) is 90.8 Å². The summed E-state index contributed by atoms with van der Waals surface area (Å²) in [4.78, 5) is 27.9. The smallest absolute Gasteiger partial charge is 0.247 e. The molecule has 1 heterocycles. The third-order valence-electron chi connectivity index (χ3n) is 6.60. The van der Waals surface area contributed by atoms with E-state index in [4.69, 9.17) is 14.2 Å². The van der Waals surface area contributed by atoms with Crippen LogP contribution in [-0.2, 0) is 20.9 Å². The Hall–Kier alpha value is -2.66. The average Bonchev–Trinajstić information content (AvgIpc) is 3.63. The van der Waals surface area contributed by atoms with Gasteiger partial charge in [-0.3, -0.25) is 9.59 Å². The molecule has 0 radical (unpaired) electrons. The molecule has 4 N–H and O–H groups in total. The van der Waals surface area contributed by atoms with Gasteiger partial charge in [0.15, 0.2) is 11.5 Å². The maximum Gasteiger partial charge on any atom is 0.247 e. The first-order chi connectivity index (χ1) is 16.4. The van der Waals surface area contributed by atoms with E-state index >= 15 is 0 Å². The lowest BCUT2D eigenvalue weighted by atomic mass is 9.77. The maximum atomic E-state index is 13.2. The van der Waals surface area contributed by atoms with Crippen LogP contribution in [0.4, 0.5) is 0 Å². The van der Waals surface area contributed by atoms with Crippen molar-refractivity contribution in [2.24, 2.45) is 5.92 Å². The number of nitrogens with zero attached hydrogens (tertiary/aromatic N) is 1. The number of fused-ring (bicyclic) bond motifs is 3. The number of carbonyl (C=O) groups excluding carboxylic acids is 2. The van der Waals surface area contributed by atoms with Gasteiger partial charge in [0, 0.05) is 37.3 Å². The molecule has 2 amide bonds. The van der Waals surface area contributed by atoms with Gasteiger partial charge in [-0.15, -0.1) is 0 Å². The number of aliphatic hydroxyl groups excluding tert-OH is 3. The normalized spacial score (nSPS) is 25.0. The van der Waals surface area contributed by atoms with Crippen LogP contribution in [0.15, 0.2) is 23.8 Å². The zero-order chi connectivity index (χ0) is 24.4. The Balaban J connectivity index is 1.78. The number of hydrogen-bond acceptors (Lipinski definition) is 8. The molecule has 4 unspecified atom stereocenters. The van der Waals surface area contributed by atoms with E-state index in [1.807, 2.05) is 0 Å². The van der Waals surface area contributed by atoms with Gasteiger partial charge >= 0.3 is 0 Å². The second-order valence-electron chi connectivity index (χ2n) is 8.82. The highest BCUT2D eigenvalue weighted by atomic mass is 16.5. The molecule has 2 aliphatic carbocycles. The molecule has 1 fully saturated rings. The first-order valence-electron chi connectivity index (χ1n) is 11.5. The highest BCUT2D eigenvalue weighted by Crippen LogP contribution is 2.51. The number of carbonyl (C=O) groups is 2. The summed E-state index contributed by atoms with van der Waals surface area (Å²) in [6, 6.07) is 2.59. The van der Waals surface area contributed by atoms with E-state index in [1.54, 1.807) is 30.2 Å². The van der Waals surface area contributed by atoms with Crippen molar-refractivity contribution in [1.82, 2.24) is 10.2 Å². The van der Waals surface area contributed by atoms with Crippen LogP contribution < -0.4 is 14.8 Å². The van der Waals surface area contributed by atoms with Crippen molar-refractivity contribution in [3.63, 3.8) is 0 Å². The molecule has 0 spiro atoms. The van der Waals surface area contributed by atoms with Crippen LogP contribution in [0.5, 0.6) is 11.5 Å². The molecule has 10 nitrogen and oxygen atoms in total. The summed E-state index contributed by atoms with van der Waals surface area (Å²) in [5, 5.41) is 33.0.